The number of hydrogen-bond donors (Lipinski definition) is 0. The predicted molar refractivity (Wildman–Crippen MR) is 240 cm³/mol. The lowest BCUT2D eigenvalue weighted by molar-refractivity contribution is 0.660. The Bertz CT molecular complexity index is 3130. The van der Waals surface area contributed by atoms with Gasteiger partial charge < -0.3 is 4.90 Å². The van der Waals surface area contributed by atoms with E-state index in [0.717, 1.165) is 17.1 Å². The highest BCUT2D eigenvalue weighted by molar-refractivity contribution is 6.25. The van der Waals surface area contributed by atoms with Gasteiger partial charge in [0.25, 0.3) is 0 Å². The van der Waals surface area contributed by atoms with Gasteiger partial charge in [-0.1, -0.05) is 166 Å². The molecule has 56 heavy (non-hydrogen) atoms. The first-order valence-electron chi connectivity index (χ1n) is 19.6. The maximum absolute atomic E-state index is 2.42. The molecule has 264 valence electrons. The lowest BCUT2D eigenvalue weighted by Gasteiger charge is -2.28. The average molecular weight is 714 g/mol. The van der Waals surface area contributed by atoms with Crippen LogP contribution in [0.1, 0.15) is 25.0 Å². The van der Waals surface area contributed by atoms with E-state index in [1.54, 1.807) is 0 Å². The quantitative estimate of drug-likeness (QED) is 0.161. The number of hydrogen-bond acceptors (Lipinski definition) is 1. The van der Waals surface area contributed by atoms with Crippen LogP contribution in [0.3, 0.4) is 0 Å². The normalized spacial score (nSPS) is 13.0. The summed E-state index contributed by atoms with van der Waals surface area (Å²) in [7, 11) is 0. The summed E-state index contributed by atoms with van der Waals surface area (Å²) in [5, 5.41) is 10.3. The van der Waals surface area contributed by atoms with Crippen LogP contribution in [0.4, 0.5) is 17.1 Å². The second-order valence-corrected chi connectivity index (χ2v) is 15.7. The molecule has 10 aromatic rings. The lowest BCUT2D eigenvalue weighted by atomic mass is 9.82. The molecule has 0 amide bonds. The van der Waals surface area contributed by atoms with Gasteiger partial charge >= 0.3 is 0 Å². The van der Waals surface area contributed by atoms with Crippen LogP contribution in [0.15, 0.2) is 200 Å². The van der Waals surface area contributed by atoms with E-state index in [-0.39, 0.29) is 5.41 Å². The summed E-state index contributed by atoms with van der Waals surface area (Å²) in [5.41, 5.74) is 13.5. The Balaban J connectivity index is 1.04. The molecule has 0 N–H and O–H groups in total. The van der Waals surface area contributed by atoms with Crippen molar-refractivity contribution in [2.24, 2.45) is 0 Å². The first-order chi connectivity index (χ1) is 27.5. The van der Waals surface area contributed by atoms with Gasteiger partial charge in [-0.25, -0.2) is 0 Å². The summed E-state index contributed by atoms with van der Waals surface area (Å²) in [6.07, 6.45) is 0. The first-order valence-corrected chi connectivity index (χ1v) is 19.6. The zero-order chi connectivity index (χ0) is 37.4. The van der Waals surface area contributed by atoms with E-state index < -0.39 is 0 Å². The van der Waals surface area contributed by atoms with Crippen LogP contribution in [-0.2, 0) is 5.41 Å². The van der Waals surface area contributed by atoms with Crippen LogP contribution in [0, 0.1) is 0 Å². The summed E-state index contributed by atoms with van der Waals surface area (Å²) in [6.45, 7) is 4.72. The van der Waals surface area contributed by atoms with Crippen molar-refractivity contribution < 1.29 is 0 Å². The molecule has 1 heteroatoms. The first kappa shape index (κ1) is 32.5. The molecule has 1 aliphatic carbocycles. The second kappa shape index (κ2) is 12.5. The molecule has 0 aliphatic heterocycles. The van der Waals surface area contributed by atoms with Gasteiger partial charge in [0, 0.05) is 22.5 Å². The molecule has 0 fully saturated rings. The molecule has 0 heterocycles. The van der Waals surface area contributed by atoms with Crippen molar-refractivity contribution in [1.29, 1.82) is 0 Å². The zero-order valence-corrected chi connectivity index (χ0v) is 31.5. The van der Waals surface area contributed by atoms with Gasteiger partial charge in [-0.05, 0) is 136 Å². The Labute approximate surface area is 327 Å². The lowest BCUT2D eigenvalue weighted by Crippen LogP contribution is -2.16. The van der Waals surface area contributed by atoms with Crippen molar-refractivity contribution in [3.63, 3.8) is 0 Å². The molecule has 0 saturated carbocycles. The average Bonchev–Trinajstić information content (AvgIpc) is 3.49. The highest BCUT2D eigenvalue weighted by Crippen LogP contribution is 2.51. The maximum Gasteiger partial charge on any atom is 0.0467 e. The van der Waals surface area contributed by atoms with E-state index in [2.05, 4.69) is 219 Å². The molecule has 0 aromatic heterocycles. The van der Waals surface area contributed by atoms with Crippen molar-refractivity contribution in [3.05, 3.63) is 211 Å². The summed E-state index contributed by atoms with van der Waals surface area (Å²) >= 11 is 0. The van der Waals surface area contributed by atoms with Gasteiger partial charge in [0.15, 0.2) is 0 Å². The van der Waals surface area contributed by atoms with Gasteiger partial charge in [0.1, 0.15) is 0 Å². The molecule has 0 unspecified atom stereocenters. The van der Waals surface area contributed by atoms with Crippen molar-refractivity contribution in [1.82, 2.24) is 0 Å². The standard InChI is InChI=1S/C55H39N/c1-55(2)53-21-10-9-20-50(53)51-31-29-44(35-54(51)55)56(43-15-11-14-39(33-43)40-23-22-36-12-3-4-13-38(36)32-40)42-27-24-37(25-28-42)41-26-30-49-47-18-6-5-16-45(47)46-17-7-8-19-48(46)52(49)34-41/h3-35H,1-2H3. The van der Waals surface area contributed by atoms with Gasteiger partial charge in [0.2, 0.25) is 0 Å². The summed E-state index contributed by atoms with van der Waals surface area (Å²) in [6, 6.07) is 74.0. The van der Waals surface area contributed by atoms with Crippen molar-refractivity contribution >= 4 is 60.2 Å². The third-order valence-electron chi connectivity index (χ3n) is 12.2. The van der Waals surface area contributed by atoms with Crippen LogP contribution < -0.4 is 4.90 Å². The third-order valence-corrected chi connectivity index (χ3v) is 12.2. The summed E-state index contributed by atoms with van der Waals surface area (Å²) in [5.74, 6) is 0. The van der Waals surface area contributed by atoms with E-state index in [1.165, 1.54) is 87.6 Å². The predicted octanol–water partition coefficient (Wildman–Crippen LogP) is 15.4. The molecular weight excluding hydrogens is 675 g/mol. The number of fused-ring (bicyclic) bond motifs is 10. The van der Waals surface area contributed by atoms with E-state index in [4.69, 9.17) is 0 Å². The molecule has 0 atom stereocenters. The minimum Gasteiger partial charge on any atom is -0.310 e. The van der Waals surface area contributed by atoms with E-state index >= 15 is 0 Å². The fourth-order valence-electron chi connectivity index (χ4n) is 9.36. The smallest absolute Gasteiger partial charge is 0.0467 e. The minimum atomic E-state index is -0.101. The largest absolute Gasteiger partial charge is 0.310 e. The molecular formula is C55H39N. The zero-order valence-electron chi connectivity index (χ0n) is 31.5. The van der Waals surface area contributed by atoms with Crippen LogP contribution in [0.5, 0.6) is 0 Å². The molecule has 0 radical (unpaired) electrons. The molecule has 0 spiro atoms. The van der Waals surface area contributed by atoms with E-state index in [0.29, 0.717) is 0 Å². The Hall–Kier alpha value is -6.96. The number of anilines is 3. The summed E-state index contributed by atoms with van der Waals surface area (Å²) < 4.78 is 0. The van der Waals surface area contributed by atoms with Crippen LogP contribution in [0.2, 0.25) is 0 Å². The number of rotatable bonds is 5. The van der Waals surface area contributed by atoms with E-state index in [1.807, 2.05) is 0 Å². The topological polar surface area (TPSA) is 3.24 Å². The minimum absolute atomic E-state index is 0.101. The van der Waals surface area contributed by atoms with Crippen LogP contribution in [-0.4, -0.2) is 0 Å². The number of benzene rings is 10. The fraction of sp³-hybridized carbons (Fsp3) is 0.0545. The molecule has 0 saturated heterocycles. The highest BCUT2D eigenvalue weighted by Gasteiger charge is 2.35. The number of nitrogens with zero attached hydrogens (tertiary/aromatic N) is 1. The van der Waals surface area contributed by atoms with Gasteiger partial charge in [-0.3, -0.25) is 0 Å². The highest BCUT2D eigenvalue weighted by atomic mass is 15.1. The Morgan fingerprint density at radius 3 is 1.61 bits per heavy atom. The summed E-state index contributed by atoms with van der Waals surface area (Å²) in [4.78, 5) is 2.42. The molecule has 10 aromatic carbocycles. The second-order valence-electron chi connectivity index (χ2n) is 15.7. The molecule has 1 nitrogen and oxygen atoms in total. The maximum atomic E-state index is 2.42. The van der Waals surface area contributed by atoms with Crippen molar-refractivity contribution in [3.8, 4) is 33.4 Å². The Kier molecular flexibility index (Phi) is 7.28. The fourth-order valence-corrected chi connectivity index (χ4v) is 9.36. The van der Waals surface area contributed by atoms with Crippen LogP contribution >= 0.6 is 0 Å². The van der Waals surface area contributed by atoms with Gasteiger partial charge in [-0.15, -0.1) is 0 Å². The van der Waals surface area contributed by atoms with Crippen molar-refractivity contribution in [2.75, 3.05) is 4.90 Å². The van der Waals surface area contributed by atoms with Crippen molar-refractivity contribution in [2.45, 2.75) is 19.3 Å². The molecule has 1 aliphatic rings. The SMILES string of the molecule is CC1(C)c2ccccc2-c2ccc(N(c3ccc(-c4ccc5c6ccccc6c6ccccc6c5c4)cc3)c3cccc(-c4ccc5ccccc5c4)c3)cc21. The molecule has 11 rings (SSSR count). The van der Waals surface area contributed by atoms with Gasteiger partial charge in [0.05, 0.1) is 0 Å². The Morgan fingerprint density at radius 2 is 0.839 bits per heavy atom. The third kappa shape index (κ3) is 5.08. The Morgan fingerprint density at radius 1 is 0.304 bits per heavy atom. The monoisotopic (exact) mass is 713 g/mol. The molecule has 0 bridgehead atoms. The van der Waals surface area contributed by atoms with Gasteiger partial charge in [-0.2, -0.15) is 0 Å². The van der Waals surface area contributed by atoms with Crippen LogP contribution in [0.25, 0.3) is 76.5 Å². The van der Waals surface area contributed by atoms with E-state index in [9.17, 15) is 0 Å².